The standard InChI is InChI=1S/C12H14N4O2/c1-8(17)13-5-4-12(18)15-10-2-3-11-9(6-10)7-14-16-11/h2-3,6-7H,4-5H2,1H3,(H,13,17)(H,14,16)(H,15,18). The zero-order valence-electron chi connectivity index (χ0n) is 9.99. The van der Waals surface area contributed by atoms with Gasteiger partial charge in [0.15, 0.2) is 0 Å². The summed E-state index contributed by atoms with van der Waals surface area (Å²) in [5.74, 6) is -0.269. The molecule has 1 aromatic carbocycles. The van der Waals surface area contributed by atoms with Crippen LogP contribution in [0.25, 0.3) is 10.9 Å². The van der Waals surface area contributed by atoms with Crippen molar-refractivity contribution in [2.75, 3.05) is 11.9 Å². The lowest BCUT2D eigenvalue weighted by atomic mass is 10.2. The first kappa shape index (κ1) is 12.1. The minimum Gasteiger partial charge on any atom is -0.356 e. The molecule has 0 bridgehead atoms. The van der Waals surface area contributed by atoms with Gasteiger partial charge in [0.1, 0.15) is 0 Å². The largest absolute Gasteiger partial charge is 0.356 e. The Bertz CT molecular complexity index is 576. The van der Waals surface area contributed by atoms with Crippen LogP contribution in [-0.2, 0) is 9.59 Å². The Kier molecular flexibility index (Phi) is 3.57. The molecule has 0 atom stereocenters. The smallest absolute Gasteiger partial charge is 0.226 e. The van der Waals surface area contributed by atoms with Gasteiger partial charge in [-0.3, -0.25) is 14.7 Å². The summed E-state index contributed by atoms with van der Waals surface area (Å²) in [6.07, 6.45) is 1.95. The van der Waals surface area contributed by atoms with Crippen molar-refractivity contribution in [3.05, 3.63) is 24.4 Å². The predicted molar refractivity (Wildman–Crippen MR) is 68.0 cm³/mol. The van der Waals surface area contributed by atoms with E-state index >= 15 is 0 Å². The molecule has 2 rings (SSSR count). The molecule has 1 heterocycles. The van der Waals surface area contributed by atoms with Gasteiger partial charge in [-0.15, -0.1) is 0 Å². The molecule has 0 aliphatic rings. The van der Waals surface area contributed by atoms with Gasteiger partial charge >= 0.3 is 0 Å². The summed E-state index contributed by atoms with van der Waals surface area (Å²) in [5.41, 5.74) is 1.64. The molecule has 0 spiro atoms. The van der Waals surface area contributed by atoms with Crippen molar-refractivity contribution in [2.24, 2.45) is 0 Å². The maximum atomic E-state index is 11.6. The number of nitrogens with zero attached hydrogens (tertiary/aromatic N) is 1. The molecule has 0 radical (unpaired) electrons. The second-order valence-corrected chi connectivity index (χ2v) is 3.95. The SMILES string of the molecule is CC(=O)NCCC(=O)Nc1ccc2[nH]ncc2c1. The van der Waals surface area contributed by atoms with Crippen molar-refractivity contribution >= 4 is 28.4 Å². The van der Waals surface area contributed by atoms with Gasteiger partial charge in [-0.1, -0.05) is 0 Å². The lowest BCUT2D eigenvalue weighted by Crippen LogP contribution is -2.25. The van der Waals surface area contributed by atoms with E-state index < -0.39 is 0 Å². The van der Waals surface area contributed by atoms with Crippen LogP contribution in [0.2, 0.25) is 0 Å². The van der Waals surface area contributed by atoms with Crippen molar-refractivity contribution in [1.82, 2.24) is 15.5 Å². The number of H-pyrrole nitrogens is 1. The summed E-state index contributed by atoms with van der Waals surface area (Å²) in [7, 11) is 0. The Hall–Kier alpha value is -2.37. The number of amides is 2. The third-order valence-corrected chi connectivity index (χ3v) is 2.45. The molecule has 0 saturated heterocycles. The van der Waals surface area contributed by atoms with Gasteiger partial charge in [-0.25, -0.2) is 0 Å². The highest BCUT2D eigenvalue weighted by molar-refractivity contribution is 5.93. The van der Waals surface area contributed by atoms with Crippen LogP contribution in [0, 0.1) is 0 Å². The molecule has 0 aliphatic heterocycles. The van der Waals surface area contributed by atoms with Crippen molar-refractivity contribution in [3.8, 4) is 0 Å². The normalized spacial score (nSPS) is 10.3. The highest BCUT2D eigenvalue weighted by Crippen LogP contribution is 2.16. The first-order valence-electron chi connectivity index (χ1n) is 5.62. The lowest BCUT2D eigenvalue weighted by Gasteiger charge is -2.05. The average molecular weight is 246 g/mol. The van der Waals surface area contributed by atoms with Crippen LogP contribution in [0.4, 0.5) is 5.69 Å². The maximum absolute atomic E-state index is 11.6. The molecule has 6 heteroatoms. The summed E-state index contributed by atoms with van der Waals surface area (Å²) >= 11 is 0. The molecule has 94 valence electrons. The number of anilines is 1. The molecule has 6 nitrogen and oxygen atoms in total. The summed E-state index contributed by atoms with van der Waals surface area (Å²) < 4.78 is 0. The van der Waals surface area contributed by atoms with Gasteiger partial charge < -0.3 is 10.6 Å². The van der Waals surface area contributed by atoms with Crippen LogP contribution in [0.5, 0.6) is 0 Å². The van der Waals surface area contributed by atoms with Crippen molar-refractivity contribution in [3.63, 3.8) is 0 Å². The monoisotopic (exact) mass is 246 g/mol. The molecule has 2 aromatic rings. The fourth-order valence-corrected chi connectivity index (χ4v) is 1.60. The van der Waals surface area contributed by atoms with E-state index in [9.17, 15) is 9.59 Å². The Balaban J connectivity index is 1.91. The number of carbonyl (C=O) groups is 2. The first-order valence-corrected chi connectivity index (χ1v) is 5.62. The van der Waals surface area contributed by atoms with Crippen LogP contribution < -0.4 is 10.6 Å². The predicted octanol–water partition coefficient (Wildman–Crippen LogP) is 1.03. The van der Waals surface area contributed by atoms with E-state index in [2.05, 4.69) is 20.8 Å². The molecular formula is C12H14N4O2. The van der Waals surface area contributed by atoms with Crippen molar-refractivity contribution < 1.29 is 9.59 Å². The van der Waals surface area contributed by atoms with Gasteiger partial charge in [0.25, 0.3) is 0 Å². The van der Waals surface area contributed by atoms with E-state index in [0.29, 0.717) is 6.54 Å². The summed E-state index contributed by atoms with van der Waals surface area (Å²) in [6.45, 7) is 1.76. The maximum Gasteiger partial charge on any atom is 0.226 e. The number of carbonyl (C=O) groups excluding carboxylic acids is 2. The summed E-state index contributed by atoms with van der Waals surface area (Å²) in [6, 6.07) is 5.50. The van der Waals surface area contributed by atoms with Gasteiger partial charge in [0.2, 0.25) is 11.8 Å². The molecular weight excluding hydrogens is 232 g/mol. The fourth-order valence-electron chi connectivity index (χ4n) is 1.60. The highest BCUT2D eigenvalue weighted by atomic mass is 16.2. The van der Waals surface area contributed by atoms with Crippen molar-refractivity contribution in [2.45, 2.75) is 13.3 Å². The number of hydrogen-bond acceptors (Lipinski definition) is 3. The second-order valence-electron chi connectivity index (χ2n) is 3.95. The zero-order chi connectivity index (χ0) is 13.0. The summed E-state index contributed by atoms with van der Waals surface area (Å²) in [4.78, 5) is 22.2. The number of aromatic nitrogens is 2. The molecule has 18 heavy (non-hydrogen) atoms. The van der Waals surface area contributed by atoms with E-state index in [1.807, 2.05) is 12.1 Å². The third kappa shape index (κ3) is 3.07. The van der Waals surface area contributed by atoms with E-state index in [1.54, 1.807) is 12.3 Å². The van der Waals surface area contributed by atoms with E-state index in [-0.39, 0.29) is 18.2 Å². The number of benzene rings is 1. The van der Waals surface area contributed by atoms with E-state index in [0.717, 1.165) is 16.6 Å². The fraction of sp³-hybridized carbons (Fsp3) is 0.250. The highest BCUT2D eigenvalue weighted by Gasteiger charge is 2.04. The Morgan fingerprint density at radius 2 is 2.22 bits per heavy atom. The number of rotatable bonds is 4. The molecule has 2 amide bonds. The number of aromatic amines is 1. The second kappa shape index (κ2) is 5.31. The quantitative estimate of drug-likeness (QED) is 0.753. The summed E-state index contributed by atoms with van der Waals surface area (Å²) in [5, 5.41) is 13.0. The average Bonchev–Trinajstić information content (AvgIpc) is 2.75. The molecule has 0 saturated carbocycles. The van der Waals surface area contributed by atoms with E-state index in [1.165, 1.54) is 6.92 Å². The van der Waals surface area contributed by atoms with Crippen LogP contribution in [0.15, 0.2) is 24.4 Å². The van der Waals surface area contributed by atoms with Gasteiger partial charge in [0, 0.05) is 31.0 Å². The van der Waals surface area contributed by atoms with Crippen LogP contribution >= 0.6 is 0 Å². The van der Waals surface area contributed by atoms with E-state index in [4.69, 9.17) is 0 Å². The topological polar surface area (TPSA) is 86.9 Å². The minimum atomic E-state index is -0.136. The molecule has 1 aromatic heterocycles. The molecule has 0 aliphatic carbocycles. The third-order valence-electron chi connectivity index (χ3n) is 2.45. The van der Waals surface area contributed by atoms with Gasteiger partial charge in [0.05, 0.1) is 11.7 Å². The van der Waals surface area contributed by atoms with Crippen LogP contribution in [-0.4, -0.2) is 28.6 Å². The van der Waals surface area contributed by atoms with Crippen LogP contribution in [0.3, 0.4) is 0 Å². The lowest BCUT2D eigenvalue weighted by molar-refractivity contribution is -0.119. The number of hydrogen-bond donors (Lipinski definition) is 3. The minimum absolute atomic E-state index is 0.133. The van der Waals surface area contributed by atoms with Gasteiger partial charge in [-0.2, -0.15) is 5.10 Å². The van der Waals surface area contributed by atoms with Gasteiger partial charge in [-0.05, 0) is 18.2 Å². The Morgan fingerprint density at radius 3 is 3.00 bits per heavy atom. The number of fused-ring (bicyclic) bond motifs is 1. The first-order chi connectivity index (χ1) is 8.65. The molecule has 0 unspecified atom stereocenters. The number of nitrogens with one attached hydrogen (secondary N) is 3. The molecule has 0 fully saturated rings. The van der Waals surface area contributed by atoms with Crippen molar-refractivity contribution in [1.29, 1.82) is 0 Å². The Morgan fingerprint density at radius 1 is 1.39 bits per heavy atom. The molecule has 3 N–H and O–H groups in total. The zero-order valence-corrected chi connectivity index (χ0v) is 9.99. The van der Waals surface area contributed by atoms with Crippen LogP contribution in [0.1, 0.15) is 13.3 Å². The Labute approximate surface area is 104 Å².